The Balaban J connectivity index is 2.31. The monoisotopic (exact) mass is 345 g/mol. The lowest BCUT2D eigenvalue weighted by atomic mass is 9.93. The van der Waals surface area contributed by atoms with Crippen LogP contribution in [0.3, 0.4) is 0 Å². The van der Waals surface area contributed by atoms with Gasteiger partial charge in [0.05, 0.1) is 0 Å². The zero-order valence-electron chi connectivity index (χ0n) is 13.1. The average molecular weight is 346 g/mol. The second-order valence-corrected chi connectivity index (χ2v) is 6.46. The summed E-state index contributed by atoms with van der Waals surface area (Å²) in [4.78, 5) is 0. The summed E-state index contributed by atoms with van der Waals surface area (Å²) in [5, 5.41) is 3.70. The molecule has 112 valence electrons. The fourth-order valence-electron chi connectivity index (χ4n) is 2.74. The maximum Gasteiger partial charge on any atom is 0.0372 e. The summed E-state index contributed by atoms with van der Waals surface area (Å²) in [6.45, 7) is 7.67. The summed E-state index contributed by atoms with van der Waals surface area (Å²) in [5.41, 5.74) is 5.56. The molecule has 0 saturated heterocycles. The van der Waals surface area contributed by atoms with Crippen LogP contribution in [-0.4, -0.2) is 6.54 Å². The van der Waals surface area contributed by atoms with E-state index < -0.39 is 0 Å². The topological polar surface area (TPSA) is 12.0 Å². The molecule has 0 spiro atoms. The van der Waals surface area contributed by atoms with Crippen molar-refractivity contribution in [3.8, 4) is 0 Å². The van der Waals surface area contributed by atoms with Gasteiger partial charge < -0.3 is 5.32 Å². The first kappa shape index (κ1) is 16.3. The van der Waals surface area contributed by atoms with Crippen molar-refractivity contribution < 1.29 is 0 Å². The molecule has 0 fully saturated rings. The predicted octanol–water partition coefficient (Wildman–Crippen LogP) is 5.35. The van der Waals surface area contributed by atoms with E-state index in [-0.39, 0.29) is 0 Å². The summed E-state index contributed by atoms with van der Waals surface area (Å²) in [6.07, 6.45) is 2.18. The third kappa shape index (κ3) is 4.18. The summed E-state index contributed by atoms with van der Waals surface area (Å²) in [6, 6.07) is 15.4. The number of hydrogen-bond donors (Lipinski definition) is 1. The third-order valence-electron chi connectivity index (χ3n) is 3.97. The SMILES string of the molecule is CCCNC(Cc1c(C)cccc1C)c1ccccc1Br. The van der Waals surface area contributed by atoms with Gasteiger partial charge in [-0.2, -0.15) is 0 Å². The van der Waals surface area contributed by atoms with Gasteiger partial charge in [0.1, 0.15) is 0 Å². The van der Waals surface area contributed by atoms with Crippen LogP contribution in [-0.2, 0) is 6.42 Å². The van der Waals surface area contributed by atoms with Crippen molar-refractivity contribution in [3.05, 3.63) is 69.2 Å². The molecule has 1 N–H and O–H groups in total. The Bertz CT molecular complexity index is 572. The molecule has 1 unspecified atom stereocenters. The Morgan fingerprint density at radius 1 is 1.00 bits per heavy atom. The van der Waals surface area contributed by atoms with Crippen LogP contribution in [0.25, 0.3) is 0 Å². The minimum atomic E-state index is 0.348. The molecule has 0 bridgehead atoms. The first-order chi connectivity index (χ1) is 10.1. The number of nitrogens with one attached hydrogen (secondary N) is 1. The van der Waals surface area contributed by atoms with Crippen molar-refractivity contribution in [2.24, 2.45) is 0 Å². The molecule has 0 aromatic heterocycles. The number of rotatable bonds is 6. The van der Waals surface area contributed by atoms with Crippen LogP contribution in [0.15, 0.2) is 46.9 Å². The van der Waals surface area contributed by atoms with E-state index >= 15 is 0 Å². The van der Waals surface area contributed by atoms with Crippen molar-refractivity contribution in [3.63, 3.8) is 0 Å². The molecular formula is C19H24BrN. The summed E-state index contributed by atoms with van der Waals surface area (Å²) >= 11 is 3.70. The lowest BCUT2D eigenvalue weighted by Gasteiger charge is -2.22. The number of benzene rings is 2. The molecule has 2 aromatic rings. The predicted molar refractivity (Wildman–Crippen MR) is 94.8 cm³/mol. The fourth-order valence-corrected chi connectivity index (χ4v) is 3.30. The van der Waals surface area contributed by atoms with Crippen LogP contribution < -0.4 is 5.32 Å². The van der Waals surface area contributed by atoms with Crippen LogP contribution in [0.1, 0.15) is 41.6 Å². The van der Waals surface area contributed by atoms with Gasteiger partial charge in [-0.1, -0.05) is 59.3 Å². The van der Waals surface area contributed by atoms with Gasteiger partial charge in [0, 0.05) is 10.5 Å². The van der Waals surface area contributed by atoms with Gasteiger partial charge in [-0.15, -0.1) is 0 Å². The standard InChI is InChI=1S/C19H24BrN/c1-4-12-21-19(16-10-5-6-11-18(16)20)13-17-14(2)8-7-9-15(17)3/h5-11,19,21H,4,12-13H2,1-3H3. The molecule has 0 amide bonds. The minimum absolute atomic E-state index is 0.348. The van der Waals surface area contributed by atoms with E-state index in [1.165, 1.54) is 26.7 Å². The van der Waals surface area contributed by atoms with E-state index in [2.05, 4.69) is 84.5 Å². The van der Waals surface area contributed by atoms with Crippen molar-refractivity contribution in [2.75, 3.05) is 6.54 Å². The lowest BCUT2D eigenvalue weighted by Crippen LogP contribution is -2.25. The molecule has 2 heteroatoms. The summed E-state index contributed by atoms with van der Waals surface area (Å²) in [7, 11) is 0. The van der Waals surface area contributed by atoms with Crippen LogP contribution >= 0.6 is 15.9 Å². The third-order valence-corrected chi connectivity index (χ3v) is 4.70. The average Bonchev–Trinajstić information content (AvgIpc) is 2.47. The number of halogens is 1. The van der Waals surface area contributed by atoms with E-state index in [1.807, 2.05) is 0 Å². The Morgan fingerprint density at radius 2 is 1.67 bits per heavy atom. The van der Waals surface area contributed by atoms with E-state index in [9.17, 15) is 0 Å². The second kappa shape index (κ2) is 7.77. The van der Waals surface area contributed by atoms with E-state index in [4.69, 9.17) is 0 Å². The van der Waals surface area contributed by atoms with Gasteiger partial charge in [-0.3, -0.25) is 0 Å². The molecule has 21 heavy (non-hydrogen) atoms. The van der Waals surface area contributed by atoms with E-state index in [1.54, 1.807) is 0 Å². The molecule has 2 rings (SSSR count). The van der Waals surface area contributed by atoms with Crippen LogP contribution in [0.2, 0.25) is 0 Å². The highest BCUT2D eigenvalue weighted by Gasteiger charge is 2.16. The Hall–Kier alpha value is -1.12. The van der Waals surface area contributed by atoms with E-state index in [0.29, 0.717) is 6.04 Å². The van der Waals surface area contributed by atoms with E-state index in [0.717, 1.165) is 19.4 Å². The molecule has 0 aliphatic carbocycles. The maximum absolute atomic E-state index is 3.70. The molecule has 0 heterocycles. The van der Waals surface area contributed by atoms with Gasteiger partial charge in [0.15, 0.2) is 0 Å². The minimum Gasteiger partial charge on any atom is -0.310 e. The Morgan fingerprint density at radius 3 is 2.29 bits per heavy atom. The molecule has 2 aromatic carbocycles. The van der Waals surface area contributed by atoms with Crippen molar-refractivity contribution in [1.82, 2.24) is 5.32 Å². The molecule has 0 saturated carbocycles. The number of aryl methyl sites for hydroxylation is 2. The summed E-state index contributed by atoms with van der Waals surface area (Å²) in [5.74, 6) is 0. The van der Waals surface area contributed by atoms with Crippen LogP contribution in [0, 0.1) is 13.8 Å². The van der Waals surface area contributed by atoms with Crippen molar-refractivity contribution in [1.29, 1.82) is 0 Å². The number of hydrogen-bond acceptors (Lipinski definition) is 1. The zero-order valence-corrected chi connectivity index (χ0v) is 14.7. The smallest absolute Gasteiger partial charge is 0.0372 e. The van der Waals surface area contributed by atoms with Gasteiger partial charge in [0.2, 0.25) is 0 Å². The quantitative estimate of drug-likeness (QED) is 0.743. The van der Waals surface area contributed by atoms with Gasteiger partial charge >= 0.3 is 0 Å². The molecule has 0 aliphatic heterocycles. The zero-order chi connectivity index (χ0) is 15.2. The maximum atomic E-state index is 3.70. The normalized spacial score (nSPS) is 12.4. The molecular weight excluding hydrogens is 322 g/mol. The van der Waals surface area contributed by atoms with Crippen molar-refractivity contribution in [2.45, 2.75) is 39.7 Å². The van der Waals surface area contributed by atoms with Gasteiger partial charge in [0.25, 0.3) is 0 Å². The Labute approximate surface area is 136 Å². The highest BCUT2D eigenvalue weighted by molar-refractivity contribution is 9.10. The van der Waals surface area contributed by atoms with Crippen LogP contribution in [0.4, 0.5) is 0 Å². The lowest BCUT2D eigenvalue weighted by molar-refractivity contribution is 0.526. The largest absolute Gasteiger partial charge is 0.310 e. The molecule has 0 radical (unpaired) electrons. The molecule has 1 atom stereocenters. The molecule has 0 aliphatic rings. The first-order valence-corrected chi connectivity index (χ1v) is 8.45. The molecule has 1 nitrogen and oxygen atoms in total. The highest BCUT2D eigenvalue weighted by Crippen LogP contribution is 2.28. The first-order valence-electron chi connectivity index (χ1n) is 7.66. The van der Waals surface area contributed by atoms with Crippen molar-refractivity contribution >= 4 is 15.9 Å². The fraction of sp³-hybridized carbons (Fsp3) is 0.368. The van der Waals surface area contributed by atoms with Gasteiger partial charge in [-0.25, -0.2) is 0 Å². The Kier molecular flexibility index (Phi) is 6.01. The summed E-state index contributed by atoms with van der Waals surface area (Å²) < 4.78 is 1.19. The van der Waals surface area contributed by atoms with Crippen LogP contribution in [0.5, 0.6) is 0 Å². The highest BCUT2D eigenvalue weighted by atomic mass is 79.9. The second-order valence-electron chi connectivity index (χ2n) is 5.60. The van der Waals surface area contributed by atoms with Gasteiger partial charge in [-0.05, 0) is 61.6 Å².